The summed E-state index contributed by atoms with van der Waals surface area (Å²) >= 11 is 0. The van der Waals surface area contributed by atoms with Crippen molar-refractivity contribution in [2.24, 2.45) is 0 Å². The highest BCUT2D eigenvalue weighted by atomic mass is 28.4. The lowest BCUT2D eigenvalue weighted by molar-refractivity contribution is -0.132. The molecule has 2 aliphatic heterocycles. The van der Waals surface area contributed by atoms with Gasteiger partial charge in [-0.3, -0.25) is 4.79 Å². The molecule has 0 aromatic heterocycles. The highest BCUT2D eigenvalue weighted by Gasteiger charge is 2.51. The lowest BCUT2D eigenvalue weighted by atomic mass is 10.1. The van der Waals surface area contributed by atoms with Crippen molar-refractivity contribution < 1.29 is 14.3 Å². The number of nitrogens with zero attached hydrogens (tertiary/aromatic N) is 1. The molecule has 30 heavy (non-hydrogen) atoms. The minimum atomic E-state index is -2.63. The molecule has 0 unspecified atom stereocenters. The Morgan fingerprint density at radius 1 is 1.00 bits per heavy atom. The van der Waals surface area contributed by atoms with Gasteiger partial charge in [-0.05, 0) is 34.3 Å². The molecule has 158 valence electrons. The van der Waals surface area contributed by atoms with Gasteiger partial charge >= 0.3 is 0 Å². The summed E-state index contributed by atoms with van der Waals surface area (Å²) in [7, 11) is -2.63. The number of amides is 1. The lowest BCUT2D eigenvalue weighted by Crippen LogP contribution is -2.67. The molecular weight excluding hydrogens is 390 g/mol. The van der Waals surface area contributed by atoms with Crippen LogP contribution in [0.3, 0.4) is 0 Å². The number of aliphatic hydroxyl groups excluding tert-OH is 1. The number of fused-ring (bicyclic) bond motifs is 1. The van der Waals surface area contributed by atoms with Gasteiger partial charge in [-0.25, -0.2) is 0 Å². The van der Waals surface area contributed by atoms with Crippen LogP contribution in [-0.2, 0) is 9.22 Å². The van der Waals surface area contributed by atoms with Crippen molar-refractivity contribution in [1.82, 2.24) is 4.90 Å². The van der Waals surface area contributed by atoms with Gasteiger partial charge in [0.2, 0.25) is 5.91 Å². The molecule has 0 aliphatic carbocycles. The average Bonchev–Trinajstić information content (AvgIpc) is 3.17. The average molecular weight is 422 g/mol. The molecule has 2 aromatic rings. The topological polar surface area (TPSA) is 49.8 Å². The maximum Gasteiger partial charge on any atom is 0.261 e. The Morgan fingerprint density at radius 2 is 1.57 bits per heavy atom. The van der Waals surface area contributed by atoms with Crippen LogP contribution in [0.5, 0.6) is 0 Å². The normalized spacial score (nSPS) is 24.2. The van der Waals surface area contributed by atoms with Crippen LogP contribution in [0, 0.1) is 0 Å². The quantitative estimate of drug-likeness (QED) is 0.756. The molecule has 2 aliphatic rings. The molecule has 1 fully saturated rings. The maximum atomic E-state index is 12.6. The van der Waals surface area contributed by atoms with E-state index in [0.29, 0.717) is 6.61 Å². The number of hydrogen-bond donors (Lipinski definition) is 1. The van der Waals surface area contributed by atoms with Crippen molar-refractivity contribution in [2.75, 3.05) is 6.61 Å². The first-order valence-corrected chi connectivity index (χ1v) is 12.7. The first-order valence-electron chi connectivity index (χ1n) is 10.8. The van der Waals surface area contributed by atoms with E-state index in [1.807, 2.05) is 17.0 Å². The third-order valence-corrected chi connectivity index (χ3v) is 11.5. The zero-order valence-corrected chi connectivity index (χ0v) is 19.0. The predicted octanol–water partition coefficient (Wildman–Crippen LogP) is 2.85. The van der Waals surface area contributed by atoms with E-state index in [2.05, 4.69) is 69.3 Å². The largest absolute Gasteiger partial charge is 0.405 e. The molecule has 5 heteroatoms. The molecule has 1 saturated heterocycles. The van der Waals surface area contributed by atoms with Gasteiger partial charge < -0.3 is 14.4 Å². The van der Waals surface area contributed by atoms with Crippen molar-refractivity contribution in [3.63, 3.8) is 0 Å². The minimum absolute atomic E-state index is 0.0104. The molecular formula is C25H31NO3Si. The van der Waals surface area contributed by atoms with E-state index in [4.69, 9.17) is 4.43 Å². The van der Waals surface area contributed by atoms with Crippen molar-refractivity contribution in [3.05, 3.63) is 72.8 Å². The molecule has 2 aromatic carbocycles. The molecule has 0 bridgehead atoms. The van der Waals surface area contributed by atoms with Crippen LogP contribution >= 0.6 is 0 Å². The van der Waals surface area contributed by atoms with Crippen LogP contribution in [0.15, 0.2) is 72.8 Å². The Bertz CT molecular complexity index is 867. The zero-order valence-electron chi connectivity index (χ0n) is 18.0. The summed E-state index contributed by atoms with van der Waals surface area (Å²) in [5.41, 5.74) is 0. The molecule has 1 N–H and O–H groups in total. The molecule has 4 nitrogen and oxygen atoms in total. The molecule has 4 rings (SSSR count). The van der Waals surface area contributed by atoms with E-state index in [1.165, 1.54) is 16.4 Å². The molecule has 3 atom stereocenters. The number of carbonyl (C=O) groups is 1. The molecule has 1 amide bonds. The van der Waals surface area contributed by atoms with Crippen molar-refractivity contribution in [3.8, 4) is 0 Å². The summed E-state index contributed by atoms with van der Waals surface area (Å²) in [4.78, 5) is 14.4. The van der Waals surface area contributed by atoms with Gasteiger partial charge in [-0.15, -0.1) is 0 Å². The second-order valence-electron chi connectivity index (χ2n) is 9.37. The lowest BCUT2D eigenvalue weighted by Gasteiger charge is -2.44. The Kier molecular flexibility index (Phi) is 5.71. The summed E-state index contributed by atoms with van der Waals surface area (Å²) in [5, 5.41) is 12.7. The summed E-state index contributed by atoms with van der Waals surface area (Å²) in [6, 6.07) is 21.0. The predicted molar refractivity (Wildman–Crippen MR) is 122 cm³/mol. The molecule has 0 spiro atoms. The number of aliphatic hydroxyl groups is 1. The van der Waals surface area contributed by atoms with E-state index in [-0.39, 0.29) is 23.0 Å². The number of benzene rings is 2. The second kappa shape index (κ2) is 8.14. The zero-order chi connectivity index (χ0) is 21.4. The monoisotopic (exact) mass is 421 g/mol. The maximum absolute atomic E-state index is 12.6. The number of hydrogen-bond acceptors (Lipinski definition) is 3. The van der Waals surface area contributed by atoms with E-state index in [1.54, 1.807) is 6.08 Å². The highest BCUT2D eigenvalue weighted by molar-refractivity contribution is 6.99. The molecule has 0 saturated carbocycles. The van der Waals surface area contributed by atoms with Crippen LogP contribution in [0.4, 0.5) is 0 Å². The van der Waals surface area contributed by atoms with Gasteiger partial charge in [0.1, 0.15) is 0 Å². The van der Waals surface area contributed by atoms with Crippen molar-refractivity contribution >= 4 is 24.6 Å². The summed E-state index contributed by atoms with van der Waals surface area (Å²) in [6.45, 7) is 7.26. The van der Waals surface area contributed by atoms with Gasteiger partial charge in [0, 0.05) is 6.08 Å². The van der Waals surface area contributed by atoms with Crippen LogP contribution in [0.2, 0.25) is 5.04 Å². The van der Waals surface area contributed by atoms with Crippen LogP contribution in [-0.4, -0.2) is 49.0 Å². The first-order chi connectivity index (χ1) is 14.3. The van der Waals surface area contributed by atoms with Gasteiger partial charge in [-0.2, -0.15) is 0 Å². The number of rotatable bonds is 5. The smallest absolute Gasteiger partial charge is 0.261 e. The molecule has 2 heterocycles. The SMILES string of the molecule is CC(C)(C)[Si](OC[C@@H]1CC[C@H]2[C@@H](O)C=CC(=O)N12)(c1ccccc1)c1ccccc1. The van der Waals surface area contributed by atoms with Gasteiger partial charge in [0.25, 0.3) is 8.32 Å². The van der Waals surface area contributed by atoms with Gasteiger partial charge in [-0.1, -0.05) is 81.4 Å². The highest BCUT2D eigenvalue weighted by Crippen LogP contribution is 2.38. The minimum Gasteiger partial charge on any atom is -0.405 e. The Morgan fingerprint density at radius 3 is 2.10 bits per heavy atom. The van der Waals surface area contributed by atoms with Gasteiger partial charge in [0.15, 0.2) is 0 Å². The Labute approximate surface area is 180 Å². The first kappa shape index (κ1) is 21.0. The summed E-state index contributed by atoms with van der Waals surface area (Å²) in [6.07, 6.45) is 4.21. The van der Waals surface area contributed by atoms with E-state index in [9.17, 15) is 9.90 Å². The van der Waals surface area contributed by atoms with Gasteiger partial charge in [0.05, 0.1) is 24.8 Å². The Balaban J connectivity index is 1.71. The summed E-state index contributed by atoms with van der Waals surface area (Å²) < 4.78 is 7.02. The second-order valence-corrected chi connectivity index (χ2v) is 13.7. The van der Waals surface area contributed by atoms with Crippen LogP contribution in [0.25, 0.3) is 0 Å². The Hall–Kier alpha value is -2.21. The van der Waals surface area contributed by atoms with Crippen molar-refractivity contribution in [2.45, 2.75) is 56.8 Å². The van der Waals surface area contributed by atoms with Crippen LogP contribution < -0.4 is 10.4 Å². The third kappa shape index (κ3) is 3.55. The fraction of sp³-hybridized carbons (Fsp3) is 0.400. The van der Waals surface area contributed by atoms with E-state index >= 15 is 0 Å². The number of carbonyl (C=O) groups excluding carboxylic acids is 1. The van der Waals surface area contributed by atoms with E-state index in [0.717, 1.165) is 12.8 Å². The van der Waals surface area contributed by atoms with Crippen LogP contribution in [0.1, 0.15) is 33.6 Å². The summed E-state index contributed by atoms with van der Waals surface area (Å²) in [5.74, 6) is -0.0150. The third-order valence-electron chi connectivity index (χ3n) is 6.54. The van der Waals surface area contributed by atoms with E-state index < -0.39 is 14.4 Å². The fourth-order valence-electron chi connectivity index (χ4n) is 5.13. The van der Waals surface area contributed by atoms with Crippen molar-refractivity contribution in [1.29, 1.82) is 0 Å². The molecule has 0 radical (unpaired) electrons. The fourth-order valence-corrected chi connectivity index (χ4v) is 9.73. The standard InChI is InChI=1S/C25H31NO3Si/c1-25(2,3)30(20-10-6-4-7-11-20,21-12-8-5-9-13-21)29-18-19-14-15-22-23(27)16-17-24(28)26(19)22/h4-13,16-17,19,22-23,27H,14-15,18H2,1-3H3/t19-,22-,23-/m0/s1.